The van der Waals surface area contributed by atoms with Crippen molar-refractivity contribution < 1.29 is 0 Å². The Morgan fingerprint density at radius 2 is 1.11 bits per heavy atom. The van der Waals surface area contributed by atoms with E-state index in [0.29, 0.717) is 0 Å². The van der Waals surface area contributed by atoms with Gasteiger partial charge in [-0.15, -0.1) is 0 Å². The van der Waals surface area contributed by atoms with E-state index in [9.17, 15) is 0 Å². The van der Waals surface area contributed by atoms with Gasteiger partial charge in [0.25, 0.3) is 0 Å². The molecule has 0 saturated carbocycles. The Kier molecular flexibility index (Phi) is 6.48. The van der Waals surface area contributed by atoms with Gasteiger partial charge in [-0.05, 0) is 0 Å². The van der Waals surface area contributed by atoms with Crippen LogP contribution in [0.25, 0.3) is 61.4 Å². The van der Waals surface area contributed by atoms with E-state index in [1.807, 2.05) is 0 Å². The summed E-state index contributed by atoms with van der Waals surface area (Å²) in [6.45, 7) is 4.79. The fourth-order valence-corrected chi connectivity index (χ4v) is 20.6. The van der Waals surface area contributed by atoms with Crippen LogP contribution in [0, 0.1) is 0 Å². The summed E-state index contributed by atoms with van der Waals surface area (Å²) in [5, 5.41) is 2.49. The van der Waals surface area contributed by atoms with Crippen molar-refractivity contribution in [1.29, 1.82) is 0 Å². The van der Waals surface area contributed by atoms with Crippen LogP contribution in [-0.4, -0.2) is 27.8 Å². The predicted octanol–water partition coefficient (Wildman–Crippen LogP) is 8.90. The fourth-order valence-electron chi connectivity index (χ4n) is 9.69. The van der Waals surface area contributed by atoms with Gasteiger partial charge in [-0.3, -0.25) is 0 Å². The van der Waals surface area contributed by atoms with Crippen molar-refractivity contribution >= 4 is 52.7 Å². The van der Waals surface area contributed by atoms with Crippen LogP contribution < -0.4 is 17.6 Å². The van der Waals surface area contributed by atoms with Crippen LogP contribution in [0.15, 0.2) is 176 Å². The maximum absolute atomic E-state index is 5.81. The zero-order valence-electron chi connectivity index (χ0n) is 29.6. The number of hydrogen-bond donors (Lipinski definition) is 0. The predicted molar refractivity (Wildman–Crippen MR) is 222 cm³/mol. The molecule has 0 unspecified atom stereocenters. The van der Waals surface area contributed by atoms with E-state index in [-0.39, 0.29) is 5.41 Å². The molecule has 0 N–H and O–H groups in total. The molecule has 1 aliphatic carbocycles. The summed E-state index contributed by atoms with van der Waals surface area (Å²) in [6, 6.07) is 64.7. The van der Waals surface area contributed by atoms with Gasteiger partial charge < -0.3 is 0 Å². The summed E-state index contributed by atoms with van der Waals surface area (Å²) in [7, 11) is 0. The van der Waals surface area contributed by atoms with E-state index in [0.717, 1.165) is 28.4 Å². The third-order valence-electron chi connectivity index (χ3n) is 11.9. The SMILES string of the molecule is CC1(C)c2ccccc2-c2ccc3c4ccccc4n(-c4nc(-c5ccccc5)nc5[c]4[Ge]([c]4ccccc4)([c]4ccccc4)[c]4ccccc4-5)c3c21. The molecule has 1 aliphatic heterocycles. The third kappa shape index (κ3) is 4.06. The first-order valence-corrected chi connectivity index (χ1v) is 22.6. The van der Waals surface area contributed by atoms with E-state index in [1.165, 1.54) is 61.7 Å². The molecule has 4 heteroatoms. The molecule has 53 heavy (non-hydrogen) atoms. The quantitative estimate of drug-likeness (QED) is 0.169. The van der Waals surface area contributed by atoms with E-state index >= 15 is 0 Å². The van der Waals surface area contributed by atoms with Crippen LogP contribution in [0.4, 0.5) is 0 Å². The molecule has 0 saturated heterocycles. The Labute approximate surface area is 311 Å². The Bertz CT molecular complexity index is 2870. The Morgan fingerprint density at radius 1 is 0.509 bits per heavy atom. The zero-order chi connectivity index (χ0) is 35.3. The van der Waals surface area contributed by atoms with Gasteiger partial charge in [0.2, 0.25) is 0 Å². The Balaban J connectivity index is 1.39. The minimum absolute atomic E-state index is 0.226. The number of aromatic nitrogens is 3. The molecule has 0 bridgehead atoms. The van der Waals surface area contributed by atoms with Crippen LogP contribution >= 0.6 is 0 Å². The average molecular weight is 738 g/mol. The Hall–Kier alpha value is -6.04. The second kappa shape index (κ2) is 11.2. The van der Waals surface area contributed by atoms with Gasteiger partial charge in [-0.25, -0.2) is 0 Å². The first kappa shape index (κ1) is 30.6. The van der Waals surface area contributed by atoms with Crippen molar-refractivity contribution in [3.05, 3.63) is 187 Å². The van der Waals surface area contributed by atoms with Gasteiger partial charge in [0.05, 0.1) is 0 Å². The van der Waals surface area contributed by atoms with Gasteiger partial charge in [-0.1, -0.05) is 0 Å². The van der Waals surface area contributed by atoms with Crippen LogP contribution in [0.2, 0.25) is 0 Å². The molecule has 0 amide bonds. The van der Waals surface area contributed by atoms with E-state index in [2.05, 4.69) is 194 Å². The van der Waals surface area contributed by atoms with Crippen LogP contribution in [0.1, 0.15) is 25.0 Å². The first-order chi connectivity index (χ1) is 26.1. The molecule has 9 aromatic rings. The molecule has 3 heterocycles. The van der Waals surface area contributed by atoms with Gasteiger partial charge in [0.15, 0.2) is 0 Å². The average Bonchev–Trinajstić information content (AvgIpc) is 3.80. The third-order valence-corrected chi connectivity index (χ3v) is 22.0. The molecular formula is C49H35GeN3. The molecule has 0 radical (unpaired) electrons. The molecule has 7 aromatic carbocycles. The molecule has 0 atom stereocenters. The molecule has 2 aliphatic rings. The second-order valence-electron chi connectivity index (χ2n) is 14.9. The van der Waals surface area contributed by atoms with Gasteiger partial charge in [0.1, 0.15) is 0 Å². The number of hydrogen-bond acceptors (Lipinski definition) is 2. The van der Waals surface area contributed by atoms with Crippen LogP contribution in [0.3, 0.4) is 0 Å². The summed E-state index contributed by atoms with van der Waals surface area (Å²) in [6.07, 6.45) is 0. The van der Waals surface area contributed by atoms with Crippen LogP contribution in [0.5, 0.6) is 0 Å². The van der Waals surface area contributed by atoms with Crippen molar-refractivity contribution in [3.8, 4) is 39.6 Å². The summed E-state index contributed by atoms with van der Waals surface area (Å²) < 4.78 is 7.99. The molecule has 0 fully saturated rings. The number of rotatable bonds is 4. The number of fused-ring (bicyclic) bond motifs is 10. The molecule has 250 valence electrons. The number of benzene rings is 7. The van der Waals surface area contributed by atoms with Crippen molar-refractivity contribution in [3.63, 3.8) is 0 Å². The molecule has 0 spiro atoms. The topological polar surface area (TPSA) is 30.7 Å². The first-order valence-electron chi connectivity index (χ1n) is 18.4. The van der Waals surface area contributed by atoms with Gasteiger partial charge in [0, 0.05) is 0 Å². The van der Waals surface area contributed by atoms with Gasteiger partial charge >= 0.3 is 313 Å². The van der Waals surface area contributed by atoms with Crippen molar-refractivity contribution in [2.45, 2.75) is 19.3 Å². The summed E-state index contributed by atoms with van der Waals surface area (Å²) >= 11 is -3.80. The molecule has 2 aromatic heterocycles. The van der Waals surface area contributed by atoms with Gasteiger partial charge in [-0.2, -0.15) is 0 Å². The number of para-hydroxylation sites is 1. The van der Waals surface area contributed by atoms with Crippen molar-refractivity contribution in [2.75, 3.05) is 0 Å². The Morgan fingerprint density at radius 3 is 1.85 bits per heavy atom. The van der Waals surface area contributed by atoms with E-state index < -0.39 is 13.3 Å². The zero-order valence-corrected chi connectivity index (χ0v) is 31.7. The van der Waals surface area contributed by atoms with E-state index in [4.69, 9.17) is 9.97 Å². The van der Waals surface area contributed by atoms with E-state index in [1.54, 1.807) is 0 Å². The van der Waals surface area contributed by atoms with Crippen molar-refractivity contribution in [1.82, 2.24) is 14.5 Å². The second-order valence-corrected chi connectivity index (χ2v) is 22.6. The molecular weight excluding hydrogens is 703 g/mol. The van der Waals surface area contributed by atoms with Crippen LogP contribution in [-0.2, 0) is 5.41 Å². The minimum atomic E-state index is -3.80. The summed E-state index contributed by atoms with van der Waals surface area (Å²) in [5.74, 6) is 1.73. The fraction of sp³-hybridized carbons (Fsp3) is 0.0612. The summed E-state index contributed by atoms with van der Waals surface area (Å²) in [4.78, 5) is 11.4. The molecule has 3 nitrogen and oxygen atoms in total. The number of nitrogens with zero attached hydrogens (tertiary/aromatic N) is 3. The standard InChI is InChI=1S/C49H35GeN3/c1-49(2)40-27-15-12-24-35(40)37-30-31-38-36-25-14-17-29-42(36)53(46(38)43(37)49)48-44-45(51-47(52-48)32-18-6-3-7-19-32)39-26-13-16-28-41(39)50(44,33-20-8-4-9-21-33)34-22-10-5-11-23-34/h3-31H,1-2H3. The normalized spacial score (nSPS) is 14.5. The maximum atomic E-state index is 5.81. The monoisotopic (exact) mass is 739 g/mol. The van der Waals surface area contributed by atoms with Crippen molar-refractivity contribution in [2.24, 2.45) is 0 Å². The summed E-state index contributed by atoms with van der Waals surface area (Å²) in [5.41, 5.74) is 10.8. The molecule has 11 rings (SSSR count).